The minimum Gasteiger partial charge on any atom is -0.354 e. The molecular weight excluding hydrogens is 426 g/mol. The summed E-state index contributed by atoms with van der Waals surface area (Å²) in [6.45, 7) is 2.23. The van der Waals surface area contributed by atoms with Crippen molar-refractivity contribution >= 4 is 44.3 Å². The van der Waals surface area contributed by atoms with E-state index in [1.54, 1.807) is 18.2 Å². The Morgan fingerprint density at radius 1 is 0.969 bits per heavy atom. The molecule has 2 aliphatic rings. The summed E-state index contributed by atoms with van der Waals surface area (Å²) in [6.07, 6.45) is 4.84. The van der Waals surface area contributed by atoms with Crippen LogP contribution in [0, 0.1) is 0 Å². The molecule has 0 atom stereocenters. The van der Waals surface area contributed by atoms with Gasteiger partial charge >= 0.3 is 0 Å². The molecule has 1 amide bonds. The number of anilines is 3. The minimum atomic E-state index is -3.35. The lowest BCUT2D eigenvalue weighted by atomic mass is 10.0. The number of nitrogens with one attached hydrogen (secondary N) is 1. The first-order valence-corrected chi connectivity index (χ1v) is 12.7. The van der Waals surface area contributed by atoms with Gasteiger partial charge in [-0.05, 0) is 61.6 Å². The highest BCUT2D eigenvalue weighted by molar-refractivity contribution is 7.92. The van der Waals surface area contributed by atoms with Gasteiger partial charge in [-0.2, -0.15) is 0 Å². The van der Waals surface area contributed by atoms with Crippen molar-refractivity contribution in [2.75, 3.05) is 40.4 Å². The van der Waals surface area contributed by atoms with Crippen molar-refractivity contribution in [1.82, 2.24) is 9.97 Å². The molecule has 0 bridgehead atoms. The van der Waals surface area contributed by atoms with Crippen LogP contribution in [0.25, 0.3) is 11.0 Å². The summed E-state index contributed by atoms with van der Waals surface area (Å²) in [5.41, 5.74) is 3.50. The summed E-state index contributed by atoms with van der Waals surface area (Å²) < 4.78 is 25.6. The molecule has 1 fully saturated rings. The van der Waals surface area contributed by atoms with Crippen molar-refractivity contribution in [1.29, 1.82) is 0 Å². The maximum atomic E-state index is 13.2. The van der Waals surface area contributed by atoms with Crippen molar-refractivity contribution in [2.24, 2.45) is 0 Å². The fourth-order valence-corrected chi connectivity index (χ4v) is 5.45. The van der Waals surface area contributed by atoms with Gasteiger partial charge in [0.2, 0.25) is 10.0 Å². The Bertz CT molecular complexity index is 1300. The second kappa shape index (κ2) is 8.05. The molecule has 1 aromatic heterocycles. The number of fused-ring (bicyclic) bond motifs is 2. The molecule has 1 saturated heterocycles. The van der Waals surface area contributed by atoms with Crippen LogP contribution in [0.3, 0.4) is 0 Å². The first-order valence-electron chi connectivity index (χ1n) is 10.8. The Hall–Kier alpha value is -3.20. The van der Waals surface area contributed by atoms with Crippen LogP contribution in [0.5, 0.6) is 0 Å². The fourth-order valence-electron chi connectivity index (χ4n) is 4.45. The normalized spacial score (nSPS) is 16.3. The zero-order valence-corrected chi connectivity index (χ0v) is 18.7. The molecule has 0 aliphatic carbocycles. The van der Waals surface area contributed by atoms with Crippen LogP contribution in [0.1, 0.15) is 35.2 Å². The summed E-state index contributed by atoms with van der Waals surface area (Å²) in [5, 5.41) is 2.96. The van der Waals surface area contributed by atoms with E-state index >= 15 is 0 Å². The Kier molecular flexibility index (Phi) is 5.21. The number of carbonyl (C=O) groups is 1. The van der Waals surface area contributed by atoms with E-state index in [1.165, 1.54) is 10.6 Å². The molecule has 3 heterocycles. The third-order valence-corrected chi connectivity index (χ3v) is 7.19. The van der Waals surface area contributed by atoms with E-state index in [-0.39, 0.29) is 5.91 Å². The van der Waals surface area contributed by atoms with Gasteiger partial charge in [0, 0.05) is 25.2 Å². The molecule has 8 nitrogen and oxygen atoms in total. The van der Waals surface area contributed by atoms with Gasteiger partial charge in [-0.15, -0.1) is 0 Å². The summed E-state index contributed by atoms with van der Waals surface area (Å²) in [7, 11) is -3.35. The zero-order valence-electron chi connectivity index (χ0n) is 17.9. The zero-order chi connectivity index (χ0) is 22.3. The first-order chi connectivity index (χ1) is 15.4. The van der Waals surface area contributed by atoms with Crippen LogP contribution < -0.4 is 14.5 Å². The number of carbonyl (C=O) groups excluding carboxylic acids is 1. The Morgan fingerprint density at radius 3 is 2.41 bits per heavy atom. The number of benzene rings is 2. The number of amides is 1. The summed E-state index contributed by atoms with van der Waals surface area (Å²) in [4.78, 5) is 24.8. The molecular formula is C23H25N5O3S. The van der Waals surface area contributed by atoms with Crippen molar-refractivity contribution in [2.45, 2.75) is 25.7 Å². The minimum absolute atomic E-state index is 0.283. The number of aromatic nitrogens is 2. The average molecular weight is 452 g/mol. The standard InChI is InChI=1S/C23H25N5O3S/c1-32(30,31)28-14-6-7-16-15-17(10-11-20(16)28)23(29)26-21-22(27-12-4-5-13-27)25-19-9-3-2-8-18(19)24-21/h2-3,8-11,15H,4-7,12-14H2,1H3,(H,24,26,29). The van der Waals surface area contributed by atoms with E-state index in [1.807, 2.05) is 24.3 Å². The van der Waals surface area contributed by atoms with Crippen molar-refractivity contribution in [3.05, 3.63) is 53.6 Å². The SMILES string of the molecule is CS(=O)(=O)N1CCCc2cc(C(=O)Nc3nc4ccccc4nc3N3CCCC3)ccc21. The highest BCUT2D eigenvalue weighted by atomic mass is 32.2. The number of hydrogen-bond acceptors (Lipinski definition) is 6. The van der Waals surface area contributed by atoms with E-state index in [0.717, 1.165) is 55.4 Å². The second-order valence-corrected chi connectivity index (χ2v) is 10.2. The quantitative estimate of drug-likeness (QED) is 0.655. The smallest absolute Gasteiger partial charge is 0.256 e. The number of aryl methyl sites for hydroxylation is 1. The van der Waals surface area contributed by atoms with Crippen molar-refractivity contribution < 1.29 is 13.2 Å². The van der Waals surface area contributed by atoms with Crippen LogP contribution in [-0.4, -0.2) is 50.2 Å². The molecule has 0 unspecified atom stereocenters. The van der Waals surface area contributed by atoms with Gasteiger partial charge in [0.05, 0.1) is 23.0 Å². The molecule has 9 heteroatoms. The summed E-state index contributed by atoms with van der Waals surface area (Å²) in [6, 6.07) is 12.8. The highest BCUT2D eigenvalue weighted by Gasteiger charge is 2.26. The van der Waals surface area contributed by atoms with Crippen LogP contribution >= 0.6 is 0 Å². The Balaban J connectivity index is 1.48. The third-order valence-electron chi connectivity index (χ3n) is 6.01. The molecule has 166 valence electrons. The molecule has 1 N–H and O–H groups in total. The molecule has 2 aromatic carbocycles. The second-order valence-electron chi connectivity index (χ2n) is 8.31. The fraction of sp³-hybridized carbons (Fsp3) is 0.348. The lowest BCUT2D eigenvalue weighted by Gasteiger charge is -2.29. The molecule has 5 rings (SSSR count). The molecule has 0 saturated carbocycles. The van der Waals surface area contributed by atoms with E-state index in [9.17, 15) is 13.2 Å². The Morgan fingerprint density at radius 2 is 1.69 bits per heavy atom. The first kappa shape index (κ1) is 20.7. The van der Waals surface area contributed by atoms with Gasteiger partial charge in [0.15, 0.2) is 11.6 Å². The number of hydrogen-bond donors (Lipinski definition) is 1. The molecule has 32 heavy (non-hydrogen) atoms. The lowest BCUT2D eigenvalue weighted by Crippen LogP contribution is -2.34. The molecule has 2 aliphatic heterocycles. The van der Waals surface area contributed by atoms with E-state index in [4.69, 9.17) is 9.97 Å². The molecule has 0 spiro atoms. The lowest BCUT2D eigenvalue weighted by molar-refractivity contribution is 0.102. The average Bonchev–Trinajstić information content (AvgIpc) is 3.32. The summed E-state index contributed by atoms with van der Waals surface area (Å²) >= 11 is 0. The van der Waals surface area contributed by atoms with Gasteiger partial charge in [-0.3, -0.25) is 9.10 Å². The predicted molar refractivity (Wildman–Crippen MR) is 126 cm³/mol. The number of nitrogens with zero attached hydrogens (tertiary/aromatic N) is 4. The Labute approximate surface area is 187 Å². The molecule has 0 radical (unpaired) electrons. The number of sulfonamides is 1. The van der Waals surface area contributed by atoms with Crippen molar-refractivity contribution in [3.8, 4) is 0 Å². The van der Waals surface area contributed by atoms with E-state index in [2.05, 4.69) is 10.2 Å². The maximum Gasteiger partial charge on any atom is 0.256 e. The van der Waals surface area contributed by atoms with Gasteiger partial charge in [0.1, 0.15) is 0 Å². The van der Waals surface area contributed by atoms with Gasteiger partial charge in [-0.25, -0.2) is 18.4 Å². The van der Waals surface area contributed by atoms with Crippen molar-refractivity contribution in [3.63, 3.8) is 0 Å². The highest BCUT2D eigenvalue weighted by Crippen LogP contribution is 2.31. The van der Waals surface area contributed by atoms with Crippen LogP contribution in [-0.2, 0) is 16.4 Å². The van der Waals surface area contributed by atoms with Crippen LogP contribution in [0.2, 0.25) is 0 Å². The van der Waals surface area contributed by atoms with Gasteiger partial charge < -0.3 is 10.2 Å². The van der Waals surface area contributed by atoms with Gasteiger partial charge in [0.25, 0.3) is 5.91 Å². The molecule has 3 aromatic rings. The van der Waals surface area contributed by atoms with Gasteiger partial charge in [-0.1, -0.05) is 12.1 Å². The van der Waals surface area contributed by atoms with E-state index < -0.39 is 10.0 Å². The largest absolute Gasteiger partial charge is 0.354 e. The predicted octanol–water partition coefficient (Wildman–Crippen LogP) is 3.19. The number of para-hydroxylation sites is 2. The van der Waals surface area contributed by atoms with Crippen LogP contribution in [0.15, 0.2) is 42.5 Å². The number of rotatable bonds is 4. The van der Waals surface area contributed by atoms with E-state index in [0.29, 0.717) is 29.4 Å². The third kappa shape index (κ3) is 3.88. The summed E-state index contributed by atoms with van der Waals surface area (Å²) in [5.74, 6) is 0.858. The maximum absolute atomic E-state index is 13.2. The topological polar surface area (TPSA) is 95.5 Å². The monoisotopic (exact) mass is 451 g/mol. The van der Waals surface area contributed by atoms with Crippen LogP contribution in [0.4, 0.5) is 17.3 Å².